The van der Waals surface area contributed by atoms with Crippen molar-refractivity contribution in [3.63, 3.8) is 0 Å². The molecule has 2 atom stereocenters. The molecule has 0 saturated heterocycles. The molecule has 0 spiro atoms. The number of carbonyl (C=O) groups is 3. The Morgan fingerprint density at radius 2 is 1.60 bits per heavy atom. The monoisotopic (exact) mass is 349 g/mol. The maximum atomic E-state index is 12.5. The van der Waals surface area contributed by atoms with E-state index in [0.29, 0.717) is 5.56 Å². The van der Waals surface area contributed by atoms with Gasteiger partial charge in [-0.3, -0.25) is 9.59 Å². The van der Waals surface area contributed by atoms with Gasteiger partial charge >= 0.3 is 11.9 Å². The molecule has 0 radical (unpaired) electrons. The highest BCUT2D eigenvalue weighted by Crippen LogP contribution is 2.22. The van der Waals surface area contributed by atoms with Gasteiger partial charge in [-0.25, -0.2) is 4.79 Å². The molecule has 0 unspecified atom stereocenters. The second kappa shape index (κ2) is 8.65. The minimum Gasteiger partial charge on any atom is -0.469 e. The second-order valence-corrected chi connectivity index (χ2v) is 7.06. The van der Waals surface area contributed by atoms with Gasteiger partial charge in [-0.15, -0.1) is 0 Å². The standard InChI is InChI=1S/C19H27NO5/c1-12(11-15(21)24-5)16(18(23)25-6)20-17(22)13-7-9-14(10-8-13)19(2,3)4/h7-10,12,16H,11H2,1-6H3,(H,20,22)/t12-,16+/m0/s1. The largest absolute Gasteiger partial charge is 0.469 e. The highest BCUT2D eigenvalue weighted by atomic mass is 16.5. The molecule has 6 nitrogen and oxygen atoms in total. The zero-order chi connectivity index (χ0) is 19.2. The van der Waals surface area contributed by atoms with E-state index in [4.69, 9.17) is 4.74 Å². The summed E-state index contributed by atoms with van der Waals surface area (Å²) >= 11 is 0. The molecule has 6 heteroatoms. The average Bonchev–Trinajstić information content (AvgIpc) is 2.57. The number of ether oxygens (including phenoxy) is 2. The summed E-state index contributed by atoms with van der Waals surface area (Å²) in [5.74, 6) is -1.91. The van der Waals surface area contributed by atoms with Crippen molar-refractivity contribution in [2.45, 2.75) is 45.6 Å². The molecule has 1 rings (SSSR count). The Morgan fingerprint density at radius 3 is 2.04 bits per heavy atom. The number of esters is 2. The van der Waals surface area contributed by atoms with Gasteiger partial charge in [0.25, 0.3) is 5.91 Å². The highest BCUT2D eigenvalue weighted by Gasteiger charge is 2.30. The van der Waals surface area contributed by atoms with Crippen LogP contribution in [0.3, 0.4) is 0 Å². The molecule has 1 amide bonds. The summed E-state index contributed by atoms with van der Waals surface area (Å²) in [7, 11) is 2.52. The van der Waals surface area contributed by atoms with Crippen molar-refractivity contribution < 1.29 is 23.9 Å². The van der Waals surface area contributed by atoms with Crippen molar-refractivity contribution in [1.82, 2.24) is 5.32 Å². The third kappa shape index (κ3) is 5.89. The van der Waals surface area contributed by atoms with Crippen LogP contribution in [-0.2, 0) is 24.5 Å². The fourth-order valence-corrected chi connectivity index (χ4v) is 2.37. The third-order valence-corrected chi connectivity index (χ3v) is 4.04. The molecular formula is C19H27NO5. The van der Waals surface area contributed by atoms with Crippen LogP contribution in [-0.4, -0.2) is 38.1 Å². The summed E-state index contributed by atoms with van der Waals surface area (Å²) in [6, 6.07) is 6.28. The van der Waals surface area contributed by atoms with E-state index in [9.17, 15) is 14.4 Å². The van der Waals surface area contributed by atoms with E-state index in [0.717, 1.165) is 5.56 Å². The predicted octanol–water partition coefficient (Wildman–Crippen LogP) is 2.45. The summed E-state index contributed by atoms with van der Waals surface area (Å²) in [6.45, 7) is 7.94. The molecule has 0 aromatic heterocycles. The lowest BCUT2D eigenvalue weighted by Crippen LogP contribution is -2.46. The lowest BCUT2D eigenvalue weighted by Gasteiger charge is -2.23. The lowest BCUT2D eigenvalue weighted by atomic mass is 9.86. The molecule has 1 N–H and O–H groups in total. The zero-order valence-electron chi connectivity index (χ0n) is 15.7. The predicted molar refractivity (Wildman–Crippen MR) is 94.2 cm³/mol. The Labute approximate surface area is 148 Å². The summed E-state index contributed by atoms with van der Waals surface area (Å²) in [6.07, 6.45) is -0.000487. The van der Waals surface area contributed by atoms with Crippen molar-refractivity contribution in [2.75, 3.05) is 14.2 Å². The van der Waals surface area contributed by atoms with Crippen LogP contribution in [0.15, 0.2) is 24.3 Å². The number of amides is 1. The Hall–Kier alpha value is -2.37. The number of nitrogens with one attached hydrogen (secondary N) is 1. The molecule has 0 bridgehead atoms. The smallest absolute Gasteiger partial charge is 0.328 e. The quantitative estimate of drug-likeness (QED) is 0.798. The minimum absolute atomic E-state index is 0.000487. The van der Waals surface area contributed by atoms with E-state index >= 15 is 0 Å². The summed E-state index contributed by atoms with van der Waals surface area (Å²) in [5.41, 5.74) is 1.53. The molecule has 25 heavy (non-hydrogen) atoms. The summed E-state index contributed by atoms with van der Waals surface area (Å²) < 4.78 is 9.36. The van der Waals surface area contributed by atoms with Crippen LogP contribution < -0.4 is 5.32 Å². The van der Waals surface area contributed by atoms with Crippen molar-refractivity contribution in [3.05, 3.63) is 35.4 Å². The fourth-order valence-electron chi connectivity index (χ4n) is 2.37. The van der Waals surface area contributed by atoms with Gasteiger partial charge in [0.2, 0.25) is 0 Å². The van der Waals surface area contributed by atoms with E-state index in [2.05, 4.69) is 30.8 Å². The Kier molecular flexibility index (Phi) is 7.15. The summed E-state index contributed by atoms with van der Waals surface area (Å²) in [4.78, 5) is 35.9. The number of rotatable bonds is 6. The van der Waals surface area contributed by atoms with Gasteiger partial charge < -0.3 is 14.8 Å². The van der Waals surface area contributed by atoms with Gasteiger partial charge in [0.15, 0.2) is 0 Å². The topological polar surface area (TPSA) is 81.7 Å². The minimum atomic E-state index is -0.932. The fraction of sp³-hybridized carbons (Fsp3) is 0.526. The molecule has 138 valence electrons. The first kappa shape index (κ1) is 20.7. The van der Waals surface area contributed by atoms with Crippen molar-refractivity contribution in [3.8, 4) is 0 Å². The normalized spacial score (nSPS) is 13.5. The van der Waals surface area contributed by atoms with Gasteiger partial charge in [-0.05, 0) is 29.0 Å². The SMILES string of the molecule is COC(=O)C[C@H](C)[C@@H](NC(=O)c1ccc(C(C)(C)C)cc1)C(=O)OC. The first-order valence-electron chi connectivity index (χ1n) is 8.16. The van der Waals surface area contributed by atoms with Gasteiger partial charge in [0, 0.05) is 5.56 Å². The number of carbonyl (C=O) groups excluding carboxylic acids is 3. The van der Waals surface area contributed by atoms with Crippen LogP contribution in [0, 0.1) is 5.92 Å². The van der Waals surface area contributed by atoms with Crippen LogP contribution in [0.5, 0.6) is 0 Å². The number of hydrogen-bond donors (Lipinski definition) is 1. The van der Waals surface area contributed by atoms with Crippen molar-refractivity contribution in [2.24, 2.45) is 5.92 Å². The Morgan fingerprint density at radius 1 is 1.04 bits per heavy atom. The molecule has 0 saturated carbocycles. The van der Waals surface area contributed by atoms with Gasteiger partial charge in [-0.2, -0.15) is 0 Å². The van der Waals surface area contributed by atoms with E-state index in [1.807, 2.05) is 12.1 Å². The van der Waals surface area contributed by atoms with Crippen molar-refractivity contribution >= 4 is 17.8 Å². The van der Waals surface area contributed by atoms with Crippen LogP contribution in [0.4, 0.5) is 0 Å². The van der Waals surface area contributed by atoms with Gasteiger partial charge in [-0.1, -0.05) is 39.8 Å². The summed E-state index contributed by atoms with van der Waals surface area (Å²) in [5, 5.41) is 2.65. The second-order valence-electron chi connectivity index (χ2n) is 7.06. The lowest BCUT2D eigenvalue weighted by molar-refractivity contribution is -0.146. The molecule has 0 aliphatic heterocycles. The molecule has 1 aromatic carbocycles. The Bertz CT molecular complexity index is 616. The Balaban J connectivity index is 2.91. The highest BCUT2D eigenvalue weighted by molar-refractivity contribution is 5.97. The molecule has 1 aromatic rings. The zero-order valence-corrected chi connectivity index (χ0v) is 15.7. The van der Waals surface area contributed by atoms with E-state index < -0.39 is 29.8 Å². The number of benzene rings is 1. The first-order valence-corrected chi connectivity index (χ1v) is 8.16. The van der Waals surface area contributed by atoms with E-state index in [-0.39, 0.29) is 11.8 Å². The molecule has 0 heterocycles. The van der Waals surface area contributed by atoms with Crippen molar-refractivity contribution in [1.29, 1.82) is 0 Å². The van der Waals surface area contributed by atoms with E-state index in [1.54, 1.807) is 19.1 Å². The molecular weight excluding hydrogens is 322 g/mol. The maximum Gasteiger partial charge on any atom is 0.328 e. The average molecular weight is 349 g/mol. The van der Waals surface area contributed by atoms with Crippen LogP contribution in [0.2, 0.25) is 0 Å². The van der Waals surface area contributed by atoms with E-state index in [1.165, 1.54) is 14.2 Å². The number of hydrogen-bond acceptors (Lipinski definition) is 5. The molecule has 0 fully saturated rings. The van der Waals surface area contributed by atoms with Crippen LogP contribution in [0.25, 0.3) is 0 Å². The first-order chi connectivity index (χ1) is 11.6. The van der Waals surface area contributed by atoms with Crippen LogP contribution >= 0.6 is 0 Å². The van der Waals surface area contributed by atoms with Gasteiger partial charge in [0.05, 0.1) is 20.6 Å². The molecule has 0 aliphatic rings. The number of methoxy groups -OCH3 is 2. The third-order valence-electron chi connectivity index (χ3n) is 4.04. The molecule has 0 aliphatic carbocycles. The maximum absolute atomic E-state index is 12.5. The van der Waals surface area contributed by atoms with Crippen LogP contribution in [0.1, 0.15) is 50.0 Å². The van der Waals surface area contributed by atoms with Gasteiger partial charge in [0.1, 0.15) is 6.04 Å².